The van der Waals surface area contributed by atoms with Gasteiger partial charge in [0, 0.05) is 6.42 Å². The quantitative estimate of drug-likeness (QED) is 0.716. The Kier molecular flexibility index (Phi) is 3.46. The fourth-order valence-electron chi connectivity index (χ4n) is 1.10. The van der Waals surface area contributed by atoms with Crippen molar-refractivity contribution in [2.75, 3.05) is 13.6 Å². The molecule has 0 bridgehead atoms. The molecule has 0 spiro atoms. The number of phenolic OH excluding ortho intramolecular Hbond substituents is 1. The molecule has 0 fully saturated rings. The van der Waals surface area contributed by atoms with Gasteiger partial charge in [0.2, 0.25) is 0 Å². The van der Waals surface area contributed by atoms with E-state index in [9.17, 15) is 4.79 Å². The van der Waals surface area contributed by atoms with Crippen molar-refractivity contribution in [1.82, 2.24) is 5.32 Å². The summed E-state index contributed by atoms with van der Waals surface area (Å²) in [7, 11) is 1.74. The van der Waals surface area contributed by atoms with Crippen LogP contribution in [0.25, 0.3) is 0 Å². The van der Waals surface area contributed by atoms with Crippen molar-refractivity contribution < 1.29 is 9.90 Å². The van der Waals surface area contributed by atoms with Gasteiger partial charge in [-0.15, -0.1) is 0 Å². The summed E-state index contributed by atoms with van der Waals surface area (Å²) in [5.41, 5.74) is 0.929. The topological polar surface area (TPSA) is 49.3 Å². The number of carbonyl (C=O) groups is 1. The molecule has 0 saturated carbocycles. The maximum Gasteiger partial charge on any atom is 0.150 e. The highest BCUT2D eigenvalue weighted by Gasteiger charge is 2.01. The standard InChI is InChI=1S/C10H13NO2/c1-11-7-10(13)6-8-2-4-9(12)5-3-8/h2-5,11-12H,6-7H2,1H3. The Hall–Kier alpha value is -1.35. The summed E-state index contributed by atoms with van der Waals surface area (Å²) in [6, 6.07) is 6.68. The van der Waals surface area contributed by atoms with Gasteiger partial charge in [-0.3, -0.25) is 4.79 Å². The lowest BCUT2D eigenvalue weighted by Crippen LogP contribution is -2.19. The van der Waals surface area contributed by atoms with Crippen LogP contribution in [0.15, 0.2) is 24.3 Å². The number of rotatable bonds is 4. The molecule has 13 heavy (non-hydrogen) atoms. The van der Waals surface area contributed by atoms with Crippen molar-refractivity contribution in [3.05, 3.63) is 29.8 Å². The zero-order valence-electron chi connectivity index (χ0n) is 7.58. The molecule has 3 heteroatoms. The highest BCUT2D eigenvalue weighted by molar-refractivity contribution is 5.82. The third-order valence-corrected chi connectivity index (χ3v) is 1.71. The van der Waals surface area contributed by atoms with E-state index in [-0.39, 0.29) is 11.5 Å². The van der Waals surface area contributed by atoms with Gasteiger partial charge in [0.05, 0.1) is 6.54 Å². The molecule has 2 N–H and O–H groups in total. The minimum absolute atomic E-state index is 0.146. The summed E-state index contributed by atoms with van der Waals surface area (Å²) in [4.78, 5) is 11.2. The predicted molar refractivity (Wildman–Crippen MR) is 50.7 cm³/mol. The number of hydrogen-bond donors (Lipinski definition) is 2. The predicted octanol–water partition coefficient (Wildman–Crippen LogP) is 0.723. The molecule has 0 aliphatic carbocycles. The van der Waals surface area contributed by atoms with Gasteiger partial charge in [0.1, 0.15) is 5.75 Å². The first kappa shape index (κ1) is 9.74. The Bertz CT molecular complexity index is 279. The van der Waals surface area contributed by atoms with E-state index >= 15 is 0 Å². The van der Waals surface area contributed by atoms with E-state index in [1.165, 1.54) is 0 Å². The van der Waals surface area contributed by atoms with E-state index in [0.717, 1.165) is 5.56 Å². The SMILES string of the molecule is CNCC(=O)Cc1ccc(O)cc1. The summed E-state index contributed by atoms with van der Waals surface area (Å²) < 4.78 is 0. The number of likely N-dealkylation sites (N-methyl/N-ethyl adjacent to an activating group) is 1. The number of Topliss-reactive ketones (excluding diaryl/α,β-unsaturated/α-hetero) is 1. The molecule has 1 aromatic carbocycles. The van der Waals surface area contributed by atoms with Crippen LogP contribution in [0.2, 0.25) is 0 Å². The highest BCUT2D eigenvalue weighted by Crippen LogP contribution is 2.09. The molecule has 0 radical (unpaired) electrons. The summed E-state index contributed by atoms with van der Waals surface area (Å²) >= 11 is 0. The van der Waals surface area contributed by atoms with E-state index in [4.69, 9.17) is 5.11 Å². The van der Waals surface area contributed by atoms with Crippen LogP contribution < -0.4 is 5.32 Å². The lowest BCUT2D eigenvalue weighted by molar-refractivity contribution is -0.117. The number of benzene rings is 1. The number of hydrogen-bond acceptors (Lipinski definition) is 3. The molecular weight excluding hydrogens is 166 g/mol. The van der Waals surface area contributed by atoms with Gasteiger partial charge in [-0.1, -0.05) is 12.1 Å². The van der Waals surface area contributed by atoms with Gasteiger partial charge in [-0.2, -0.15) is 0 Å². The molecule has 0 aliphatic rings. The molecule has 0 amide bonds. The van der Waals surface area contributed by atoms with E-state index in [1.807, 2.05) is 0 Å². The van der Waals surface area contributed by atoms with Crippen LogP contribution in [0, 0.1) is 0 Å². The van der Waals surface area contributed by atoms with Crippen LogP contribution in [0.5, 0.6) is 5.75 Å². The van der Waals surface area contributed by atoms with Crippen molar-refractivity contribution in [1.29, 1.82) is 0 Å². The number of carbonyl (C=O) groups excluding carboxylic acids is 1. The first-order valence-corrected chi connectivity index (χ1v) is 4.16. The van der Waals surface area contributed by atoms with E-state index in [2.05, 4.69) is 5.32 Å². The molecule has 1 rings (SSSR count). The molecule has 0 atom stereocenters. The maximum absolute atomic E-state index is 11.2. The van der Waals surface area contributed by atoms with Crippen molar-refractivity contribution in [3.8, 4) is 5.75 Å². The van der Waals surface area contributed by atoms with Gasteiger partial charge in [0.25, 0.3) is 0 Å². The maximum atomic E-state index is 11.2. The zero-order valence-corrected chi connectivity index (χ0v) is 7.58. The molecule has 0 saturated heterocycles. The summed E-state index contributed by atoms with van der Waals surface area (Å²) in [6.45, 7) is 0.390. The van der Waals surface area contributed by atoms with Crippen LogP contribution in [0.3, 0.4) is 0 Å². The number of ketones is 1. The molecule has 70 valence electrons. The first-order valence-electron chi connectivity index (χ1n) is 4.16. The van der Waals surface area contributed by atoms with Crippen molar-refractivity contribution in [2.45, 2.75) is 6.42 Å². The normalized spacial score (nSPS) is 9.92. The minimum atomic E-state index is 0.146. The van der Waals surface area contributed by atoms with Crippen LogP contribution in [-0.4, -0.2) is 24.5 Å². The average Bonchev–Trinajstić information content (AvgIpc) is 2.09. The highest BCUT2D eigenvalue weighted by atomic mass is 16.3. The average molecular weight is 179 g/mol. The lowest BCUT2D eigenvalue weighted by atomic mass is 10.1. The molecule has 0 unspecified atom stereocenters. The van der Waals surface area contributed by atoms with Crippen LogP contribution in [0.1, 0.15) is 5.56 Å². The molecule has 0 heterocycles. The second-order valence-corrected chi connectivity index (χ2v) is 2.91. The largest absolute Gasteiger partial charge is 0.508 e. The summed E-state index contributed by atoms with van der Waals surface area (Å²) in [5, 5.41) is 11.8. The second-order valence-electron chi connectivity index (χ2n) is 2.91. The van der Waals surface area contributed by atoms with E-state index in [1.54, 1.807) is 31.3 Å². The van der Waals surface area contributed by atoms with Gasteiger partial charge < -0.3 is 10.4 Å². The molecule has 0 aromatic heterocycles. The Labute approximate surface area is 77.4 Å². The smallest absolute Gasteiger partial charge is 0.150 e. The fourth-order valence-corrected chi connectivity index (χ4v) is 1.10. The Balaban J connectivity index is 2.54. The van der Waals surface area contributed by atoms with Crippen molar-refractivity contribution in [2.24, 2.45) is 0 Å². The minimum Gasteiger partial charge on any atom is -0.508 e. The van der Waals surface area contributed by atoms with Crippen LogP contribution in [0.4, 0.5) is 0 Å². The van der Waals surface area contributed by atoms with E-state index in [0.29, 0.717) is 13.0 Å². The Morgan fingerprint density at radius 3 is 2.54 bits per heavy atom. The molecule has 0 aliphatic heterocycles. The summed E-state index contributed by atoms with van der Waals surface area (Å²) in [5.74, 6) is 0.373. The second kappa shape index (κ2) is 4.62. The van der Waals surface area contributed by atoms with Crippen molar-refractivity contribution >= 4 is 5.78 Å². The third kappa shape index (κ3) is 3.25. The number of nitrogens with one attached hydrogen (secondary N) is 1. The number of aromatic hydroxyl groups is 1. The summed E-state index contributed by atoms with van der Waals surface area (Å²) in [6.07, 6.45) is 0.418. The van der Waals surface area contributed by atoms with E-state index < -0.39 is 0 Å². The molecular formula is C10H13NO2. The Morgan fingerprint density at radius 1 is 1.38 bits per heavy atom. The monoisotopic (exact) mass is 179 g/mol. The number of phenols is 1. The fraction of sp³-hybridized carbons (Fsp3) is 0.300. The van der Waals surface area contributed by atoms with Gasteiger partial charge >= 0.3 is 0 Å². The Morgan fingerprint density at radius 2 is 2.00 bits per heavy atom. The van der Waals surface area contributed by atoms with Gasteiger partial charge in [0.15, 0.2) is 5.78 Å². The van der Waals surface area contributed by atoms with Crippen molar-refractivity contribution in [3.63, 3.8) is 0 Å². The lowest BCUT2D eigenvalue weighted by Gasteiger charge is -2.00. The van der Waals surface area contributed by atoms with Gasteiger partial charge in [-0.25, -0.2) is 0 Å². The molecule has 1 aromatic rings. The molecule has 3 nitrogen and oxygen atoms in total. The van der Waals surface area contributed by atoms with Crippen LogP contribution >= 0.6 is 0 Å². The van der Waals surface area contributed by atoms with Crippen LogP contribution in [-0.2, 0) is 11.2 Å². The van der Waals surface area contributed by atoms with Gasteiger partial charge in [-0.05, 0) is 24.7 Å². The first-order chi connectivity index (χ1) is 6.22. The zero-order chi connectivity index (χ0) is 9.68. The third-order valence-electron chi connectivity index (χ3n) is 1.71.